The molecule has 0 rings (SSSR count). The molecular formula is C7H16N2O2. The van der Waals surface area contributed by atoms with Crippen molar-refractivity contribution in [2.75, 3.05) is 13.2 Å². The molecule has 0 saturated carbocycles. The standard InChI is InChI=1S/C7H16N2O2/c1-2-7(11)9-5-6(8)3-4-10/h6,10H,2-5,8H2,1H3,(H,9,11). The van der Waals surface area contributed by atoms with E-state index in [-0.39, 0.29) is 18.6 Å². The van der Waals surface area contributed by atoms with Gasteiger partial charge in [-0.2, -0.15) is 0 Å². The summed E-state index contributed by atoms with van der Waals surface area (Å²) in [5.74, 6) is -0.00149. The molecule has 0 aromatic rings. The molecule has 11 heavy (non-hydrogen) atoms. The Balaban J connectivity index is 3.29. The zero-order valence-corrected chi connectivity index (χ0v) is 6.84. The maximum atomic E-state index is 10.7. The van der Waals surface area contributed by atoms with Gasteiger partial charge in [-0.05, 0) is 6.42 Å². The zero-order valence-electron chi connectivity index (χ0n) is 6.84. The Bertz CT molecular complexity index is 117. The smallest absolute Gasteiger partial charge is 0.219 e. The lowest BCUT2D eigenvalue weighted by atomic mass is 10.2. The van der Waals surface area contributed by atoms with E-state index in [0.29, 0.717) is 19.4 Å². The largest absolute Gasteiger partial charge is 0.396 e. The first-order valence-electron chi connectivity index (χ1n) is 3.83. The van der Waals surface area contributed by atoms with E-state index < -0.39 is 0 Å². The van der Waals surface area contributed by atoms with Gasteiger partial charge in [0.15, 0.2) is 0 Å². The third kappa shape index (κ3) is 5.82. The van der Waals surface area contributed by atoms with Gasteiger partial charge >= 0.3 is 0 Å². The van der Waals surface area contributed by atoms with Crippen LogP contribution in [0.3, 0.4) is 0 Å². The van der Waals surface area contributed by atoms with Crippen molar-refractivity contribution < 1.29 is 9.90 Å². The van der Waals surface area contributed by atoms with Crippen LogP contribution in [0.1, 0.15) is 19.8 Å². The van der Waals surface area contributed by atoms with Gasteiger partial charge in [0.2, 0.25) is 5.91 Å². The van der Waals surface area contributed by atoms with Crippen molar-refractivity contribution in [3.63, 3.8) is 0 Å². The van der Waals surface area contributed by atoms with Crippen LogP contribution in [-0.4, -0.2) is 30.2 Å². The van der Waals surface area contributed by atoms with Gasteiger partial charge in [-0.25, -0.2) is 0 Å². The average molecular weight is 160 g/mol. The number of rotatable bonds is 5. The van der Waals surface area contributed by atoms with Crippen LogP contribution < -0.4 is 11.1 Å². The number of aliphatic hydroxyl groups excluding tert-OH is 1. The Morgan fingerprint density at radius 2 is 2.36 bits per heavy atom. The van der Waals surface area contributed by atoms with E-state index in [1.54, 1.807) is 6.92 Å². The third-order valence-corrected chi connectivity index (χ3v) is 1.38. The molecule has 66 valence electrons. The first kappa shape index (κ1) is 10.4. The van der Waals surface area contributed by atoms with E-state index >= 15 is 0 Å². The summed E-state index contributed by atoms with van der Waals surface area (Å²) in [6.45, 7) is 2.31. The number of carbonyl (C=O) groups is 1. The van der Waals surface area contributed by atoms with Crippen LogP contribution in [0.15, 0.2) is 0 Å². The fraction of sp³-hybridized carbons (Fsp3) is 0.857. The Hall–Kier alpha value is -0.610. The molecule has 0 aromatic heterocycles. The van der Waals surface area contributed by atoms with E-state index in [1.165, 1.54) is 0 Å². The molecule has 0 aliphatic rings. The molecule has 0 fully saturated rings. The second-order valence-corrected chi connectivity index (χ2v) is 2.43. The van der Waals surface area contributed by atoms with Gasteiger partial charge in [-0.1, -0.05) is 6.92 Å². The lowest BCUT2D eigenvalue weighted by molar-refractivity contribution is -0.120. The van der Waals surface area contributed by atoms with E-state index in [1.807, 2.05) is 0 Å². The zero-order chi connectivity index (χ0) is 8.69. The van der Waals surface area contributed by atoms with Crippen LogP contribution in [0.25, 0.3) is 0 Å². The number of hydrogen-bond acceptors (Lipinski definition) is 3. The molecule has 4 heteroatoms. The summed E-state index contributed by atoms with van der Waals surface area (Å²) in [4.78, 5) is 10.7. The minimum atomic E-state index is -0.129. The molecule has 0 radical (unpaired) electrons. The summed E-state index contributed by atoms with van der Waals surface area (Å²) in [6.07, 6.45) is 1.01. The maximum Gasteiger partial charge on any atom is 0.219 e. The Morgan fingerprint density at radius 1 is 1.73 bits per heavy atom. The predicted molar refractivity (Wildman–Crippen MR) is 43.0 cm³/mol. The second-order valence-electron chi connectivity index (χ2n) is 2.43. The molecule has 0 heterocycles. The van der Waals surface area contributed by atoms with Crippen LogP contribution in [0.4, 0.5) is 0 Å². The molecule has 1 unspecified atom stereocenters. The first-order chi connectivity index (χ1) is 5.20. The van der Waals surface area contributed by atoms with Crippen molar-refractivity contribution in [3.05, 3.63) is 0 Å². The van der Waals surface area contributed by atoms with Crippen molar-refractivity contribution in [1.29, 1.82) is 0 Å². The summed E-state index contributed by atoms with van der Waals surface area (Å²) >= 11 is 0. The van der Waals surface area contributed by atoms with Gasteiger partial charge in [0.1, 0.15) is 0 Å². The number of aliphatic hydroxyl groups is 1. The van der Waals surface area contributed by atoms with Crippen molar-refractivity contribution in [2.45, 2.75) is 25.8 Å². The van der Waals surface area contributed by atoms with Crippen molar-refractivity contribution >= 4 is 5.91 Å². The van der Waals surface area contributed by atoms with Crippen LogP contribution in [0.5, 0.6) is 0 Å². The number of nitrogens with one attached hydrogen (secondary N) is 1. The minimum absolute atomic E-state index is 0.00149. The van der Waals surface area contributed by atoms with Gasteiger partial charge in [-0.15, -0.1) is 0 Å². The minimum Gasteiger partial charge on any atom is -0.396 e. The maximum absolute atomic E-state index is 10.7. The van der Waals surface area contributed by atoms with Gasteiger partial charge in [0, 0.05) is 25.6 Å². The van der Waals surface area contributed by atoms with Crippen LogP contribution in [-0.2, 0) is 4.79 Å². The van der Waals surface area contributed by atoms with E-state index in [2.05, 4.69) is 5.32 Å². The van der Waals surface area contributed by atoms with Crippen LogP contribution in [0.2, 0.25) is 0 Å². The predicted octanol–water partition coefficient (Wildman–Crippen LogP) is -0.778. The number of nitrogens with two attached hydrogens (primary N) is 1. The Labute approximate surface area is 66.8 Å². The Kier molecular flexibility index (Phi) is 5.78. The van der Waals surface area contributed by atoms with E-state index in [0.717, 1.165) is 0 Å². The van der Waals surface area contributed by atoms with Crippen LogP contribution >= 0.6 is 0 Å². The average Bonchev–Trinajstić information content (AvgIpc) is 2.01. The van der Waals surface area contributed by atoms with Crippen LogP contribution in [0, 0.1) is 0 Å². The number of hydrogen-bond donors (Lipinski definition) is 3. The van der Waals surface area contributed by atoms with Gasteiger partial charge in [-0.3, -0.25) is 4.79 Å². The molecule has 1 atom stereocenters. The SMILES string of the molecule is CCC(=O)NCC(N)CCO. The van der Waals surface area contributed by atoms with Gasteiger partial charge in [0.25, 0.3) is 0 Å². The van der Waals surface area contributed by atoms with E-state index in [4.69, 9.17) is 10.8 Å². The molecule has 0 aliphatic carbocycles. The molecule has 1 amide bonds. The van der Waals surface area contributed by atoms with Crippen molar-refractivity contribution in [1.82, 2.24) is 5.32 Å². The highest BCUT2D eigenvalue weighted by molar-refractivity contribution is 5.75. The summed E-state index contributed by atoms with van der Waals surface area (Å²) in [5, 5.41) is 11.1. The molecule has 0 aliphatic heterocycles. The Morgan fingerprint density at radius 3 is 2.82 bits per heavy atom. The van der Waals surface area contributed by atoms with Crippen molar-refractivity contribution in [3.8, 4) is 0 Å². The summed E-state index contributed by atoms with van der Waals surface area (Å²) in [6, 6.07) is -0.129. The lowest BCUT2D eigenvalue weighted by Crippen LogP contribution is -2.37. The highest BCUT2D eigenvalue weighted by atomic mass is 16.3. The molecule has 0 saturated heterocycles. The quantitative estimate of drug-likeness (QED) is 0.494. The summed E-state index contributed by atoms with van der Waals surface area (Å²) < 4.78 is 0. The fourth-order valence-corrected chi connectivity index (χ4v) is 0.638. The highest BCUT2D eigenvalue weighted by Gasteiger charge is 2.02. The third-order valence-electron chi connectivity index (χ3n) is 1.38. The summed E-state index contributed by atoms with van der Waals surface area (Å²) in [7, 11) is 0. The topological polar surface area (TPSA) is 75.4 Å². The first-order valence-corrected chi connectivity index (χ1v) is 3.83. The summed E-state index contributed by atoms with van der Waals surface area (Å²) in [5.41, 5.74) is 5.51. The molecule has 0 aromatic carbocycles. The molecule has 0 bridgehead atoms. The molecule has 0 spiro atoms. The normalized spacial score (nSPS) is 12.6. The highest BCUT2D eigenvalue weighted by Crippen LogP contribution is 1.84. The fourth-order valence-electron chi connectivity index (χ4n) is 0.638. The molecule has 4 N–H and O–H groups in total. The number of amides is 1. The lowest BCUT2D eigenvalue weighted by Gasteiger charge is -2.09. The van der Waals surface area contributed by atoms with Gasteiger partial charge in [0.05, 0.1) is 0 Å². The van der Waals surface area contributed by atoms with Gasteiger partial charge < -0.3 is 16.2 Å². The molecular weight excluding hydrogens is 144 g/mol. The number of carbonyl (C=O) groups excluding carboxylic acids is 1. The monoisotopic (exact) mass is 160 g/mol. The molecule has 4 nitrogen and oxygen atoms in total. The van der Waals surface area contributed by atoms with E-state index in [9.17, 15) is 4.79 Å². The van der Waals surface area contributed by atoms with Crippen molar-refractivity contribution in [2.24, 2.45) is 5.73 Å². The second kappa shape index (κ2) is 6.12.